The molecule has 0 bridgehead atoms. The smallest absolute Gasteiger partial charge is 0.128 e. The van der Waals surface area contributed by atoms with E-state index in [1.54, 1.807) is 0 Å². The first-order valence-electron chi connectivity index (χ1n) is 4.66. The second-order valence-corrected chi connectivity index (χ2v) is 4.87. The van der Waals surface area contributed by atoms with Gasteiger partial charge in [0.1, 0.15) is 11.0 Å². The van der Waals surface area contributed by atoms with Crippen LogP contribution in [0.25, 0.3) is 0 Å². The molecule has 1 aliphatic rings. The predicted octanol–water partition coefficient (Wildman–Crippen LogP) is 1.89. The van der Waals surface area contributed by atoms with Crippen LogP contribution in [0.15, 0.2) is 41.3 Å². The Balaban J connectivity index is 2.14. The summed E-state index contributed by atoms with van der Waals surface area (Å²) in [5.41, 5.74) is 1.20. The number of nitrogens with zero attached hydrogens (tertiary/aromatic N) is 1. The van der Waals surface area contributed by atoms with Crippen LogP contribution in [0.5, 0.6) is 0 Å². The predicted molar refractivity (Wildman–Crippen MR) is 58.3 cm³/mol. The summed E-state index contributed by atoms with van der Waals surface area (Å²) in [6.45, 7) is 3.62. The Bertz CT molecular complexity index is 361. The monoisotopic (exact) mass is 207 g/mol. The second kappa shape index (κ2) is 4.07. The van der Waals surface area contributed by atoms with E-state index >= 15 is 0 Å². The van der Waals surface area contributed by atoms with Gasteiger partial charge >= 0.3 is 0 Å². The molecular weight excluding hydrogens is 194 g/mol. The molecule has 0 amide bonds. The van der Waals surface area contributed by atoms with Crippen molar-refractivity contribution in [2.45, 2.75) is 11.8 Å². The Morgan fingerprint density at radius 3 is 2.29 bits per heavy atom. The molecule has 2 rings (SSSR count). The van der Waals surface area contributed by atoms with Crippen LogP contribution >= 0.6 is 0 Å². The summed E-state index contributed by atoms with van der Waals surface area (Å²) < 4.78 is 13.9. The number of hydrogen-bond acceptors (Lipinski definition) is 1. The van der Waals surface area contributed by atoms with Gasteiger partial charge < -0.3 is 0 Å². The molecule has 1 aromatic rings. The van der Waals surface area contributed by atoms with Crippen LogP contribution in [0.4, 0.5) is 0 Å². The van der Waals surface area contributed by atoms with Crippen molar-refractivity contribution < 1.29 is 4.21 Å². The summed E-state index contributed by atoms with van der Waals surface area (Å²) in [6.07, 6.45) is 4.10. The van der Waals surface area contributed by atoms with Crippen LogP contribution in [0.1, 0.15) is 5.56 Å². The van der Waals surface area contributed by atoms with Gasteiger partial charge in [-0.2, -0.15) is 0 Å². The van der Waals surface area contributed by atoms with Gasteiger partial charge in [-0.1, -0.05) is 29.8 Å². The lowest BCUT2D eigenvalue weighted by molar-refractivity contribution is 0.552. The lowest BCUT2D eigenvalue weighted by atomic mass is 10.2. The summed E-state index contributed by atoms with van der Waals surface area (Å²) >= 11 is 0. The molecule has 0 aromatic heterocycles. The fourth-order valence-electron chi connectivity index (χ4n) is 1.40. The average molecular weight is 207 g/mol. The fourth-order valence-corrected chi connectivity index (χ4v) is 2.51. The highest BCUT2D eigenvalue weighted by atomic mass is 32.2. The van der Waals surface area contributed by atoms with E-state index < -0.39 is 11.0 Å². The molecule has 1 aliphatic heterocycles. The molecule has 1 aromatic carbocycles. The average Bonchev–Trinajstić information content (AvgIpc) is 2.71. The number of benzene rings is 1. The first-order valence-corrected chi connectivity index (χ1v) is 5.76. The number of aryl methyl sites for hydroxylation is 1. The highest BCUT2D eigenvalue weighted by Gasteiger charge is 2.15. The molecule has 2 nitrogen and oxygen atoms in total. The minimum Gasteiger partial charge on any atom is -0.237 e. The van der Waals surface area contributed by atoms with Gasteiger partial charge in [-0.05, 0) is 19.1 Å². The van der Waals surface area contributed by atoms with E-state index in [0.29, 0.717) is 0 Å². The van der Waals surface area contributed by atoms with Crippen LogP contribution in [0, 0.1) is 6.92 Å². The molecule has 0 aliphatic carbocycles. The Morgan fingerprint density at radius 2 is 1.71 bits per heavy atom. The van der Waals surface area contributed by atoms with Crippen molar-refractivity contribution in [3.63, 3.8) is 0 Å². The van der Waals surface area contributed by atoms with Gasteiger partial charge in [-0.15, -0.1) is 0 Å². The van der Waals surface area contributed by atoms with E-state index in [2.05, 4.69) is 0 Å². The molecule has 1 atom stereocenters. The van der Waals surface area contributed by atoms with Crippen LogP contribution < -0.4 is 0 Å². The van der Waals surface area contributed by atoms with E-state index in [0.717, 1.165) is 18.0 Å². The Kier molecular flexibility index (Phi) is 2.79. The summed E-state index contributed by atoms with van der Waals surface area (Å²) in [6, 6.07) is 7.86. The molecule has 1 heterocycles. The van der Waals surface area contributed by atoms with E-state index in [1.807, 2.05) is 47.6 Å². The normalized spacial score (nSPS) is 18.6. The van der Waals surface area contributed by atoms with Gasteiger partial charge in [-0.3, -0.25) is 0 Å². The summed E-state index contributed by atoms with van der Waals surface area (Å²) in [4.78, 5) is 0.888. The molecule has 0 saturated heterocycles. The highest BCUT2D eigenvalue weighted by molar-refractivity contribution is 7.82. The van der Waals surface area contributed by atoms with E-state index in [4.69, 9.17) is 0 Å². The van der Waals surface area contributed by atoms with Gasteiger partial charge in [0, 0.05) is 13.1 Å². The fraction of sp³-hybridized carbons (Fsp3) is 0.273. The molecule has 0 saturated carbocycles. The zero-order valence-electron chi connectivity index (χ0n) is 8.14. The third-order valence-corrected chi connectivity index (χ3v) is 3.68. The van der Waals surface area contributed by atoms with Crippen LogP contribution in [-0.4, -0.2) is 21.6 Å². The summed E-state index contributed by atoms with van der Waals surface area (Å²) in [5, 5.41) is 0. The lowest BCUT2D eigenvalue weighted by Crippen LogP contribution is -2.22. The topological polar surface area (TPSA) is 20.3 Å². The maximum Gasteiger partial charge on any atom is 0.128 e. The van der Waals surface area contributed by atoms with Crippen molar-refractivity contribution in [2.75, 3.05) is 13.1 Å². The molecule has 0 radical (unpaired) electrons. The van der Waals surface area contributed by atoms with Crippen molar-refractivity contribution in [2.24, 2.45) is 0 Å². The first kappa shape index (κ1) is 9.62. The van der Waals surface area contributed by atoms with E-state index in [-0.39, 0.29) is 0 Å². The third kappa shape index (κ3) is 1.94. The molecule has 74 valence electrons. The second-order valence-electron chi connectivity index (χ2n) is 3.38. The molecule has 0 fully saturated rings. The Labute approximate surface area is 86.8 Å². The molecule has 14 heavy (non-hydrogen) atoms. The van der Waals surface area contributed by atoms with Crippen molar-refractivity contribution in [1.82, 2.24) is 4.31 Å². The quantitative estimate of drug-likeness (QED) is 0.678. The first-order chi connectivity index (χ1) is 6.77. The van der Waals surface area contributed by atoms with Crippen molar-refractivity contribution >= 4 is 11.0 Å². The minimum atomic E-state index is -0.996. The summed E-state index contributed by atoms with van der Waals surface area (Å²) in [7, 11) is -0.996. The van der Waals surface area contributed by atoms with Crippen LogP contribution in [-0.2, 0) is 11.0 Å². The maximum absolute atomic E-state index is 12.0. The zero-order chi connectivity index (χ0) is 9.97. The van der Waals surface area contributed by atoms with Gasteiger partial charge in [0.05, 0.1) is 4.90 Å². The lowest BCUT2D eigenvalue weighted by Gasteiger charge is -2.13. The number of hydrogen-bond donors (Lipinski definition) is 0. The largest absolute Gasteiger partial charge is 0.237 e. The molecule has 0 spiro atoms. The maximum atomic E-state index is 12.0. The Morgan fingerprint density at radius 1 is 1.14 bits per heavy atom. The van der Waals surface area contributed by atoms with Crippen molar-refractivity contribution in [3.8, 4) is 0 Å². The minimum absolute atomic E-state index is 0.792. The van der Waals surface area contributed by atoms with Crippen molar-refractivity contribution in [3.05, 3.63) is 42.0 Å². The van der Waals surface area contributed by atoms with Gasteiger partial charge in [-0.25, -0.2) is 8.51 Å². The van der Waals surface area contributed by atoms with Gasteiger partial charge in [0.15, 0.2) is 0 Å². The third-order valence-electron chi connectivity index (χ3n) is 2.24. The SMILES string of the molecule is Cc1ccc(S(=O)N2CC=CC2)cc1. The number of rotatable bonds is 2. The zero-order valence-corrected chi connectivity index (χ0v) is 8.96. The van der Waals surface area contributed by atoms with Gasteiger partial charge in [0.2, 0.25) is 0 Å². The molecular formula is C11H13NOS. The van der Waals surface area contributed by atoms with Crippen LogP contribution in [0.2, 0.25) is 0 Å². The Hall–Kier alpha value is -0.930. The summed E-state index contributed by atoms with van der Waals surface area (Å²) in [5.74, 6) is 0. The van der Waals surface area contributed by atoms with Gasteiger partial charge in [0.25, 0.3) is 0 Å². The molecule has 3 heteroatoms. The highest BCUT2D eigenvalue weighted by Crippen LogP contribution is 2.14. The molecule has 1 unspecified atom stereocenters. The van der Waals surface area contributed by atoms with Crippen LogP contribution in [0.3, 0.4) is 0 Å². The van der Waals surface area contributed by atoms with E-state index in [9.17, 15) is 4.21 Å². The van der Waals surface area contributed by atoms with Crippen molar-refractivity contribution in [1.29, 1.82) is 0 Å². The standard InChI is InChI=1S/C11H13NOS/c1-10-4-6-11(7-5-10)14(13)12-8-2-3-9-12/h2-7H,8-9H2,1H3. The molecule has 0 N–H and O–H groups in total. The van der Waals surface area contributed by atoms with E-state index in [1.165, 1.54) is 5.56 Å².